The molecule has 60 heavy (non-hydrogen) atoms. The average Bonchev–Trinajstić information content (AvgIpc) is 3.64. The molecule has 11 rings (SSSR count). The third-order valence-corrected chi connectivity index (χ3v) is 12.4. The lowest BCUT2D eigenvalue weighted by Crippen LogP contribution is -2.28. The number of anilines is 3. The van der Waals surface area contributed by atoms with Crippen molar-refractivity contribution < 1.29 is 0 Å². The molecule has 0 unspecified atom stereocenters. The summed E-state index contributed by atoms with van der Waals surface area (Å²) < 4.78 is 0. The summed E-state index contributed by atoms with van der Waals surface area (Å²) in [5, 5.41) is 2.41. The zero-order valence-corrected chi connectivity index (χ0v) is 33.1. The normalized spacial score (nSPS) is 12.5. The maximum Gasteiger partial charge on any atom is 0.0713 e. The highest BCUT2D eigenvalue weighted by atomic mass is 15.1. The molecule has 1 nitrogen and oxygen atoms in total. The first kappa shape index (κ1) is 35.4. The van der Waals surface area contributed by atoms with E-state index in [-0.39, 0.29) is 0 Å². The molecule has 1 aliphatic carbocycles. The van der Waals surface area contributed by atoms with Crippen molar-refractivity contribution in [2.45, 2.75) is 5.41 Å². The minimum Gasteiger partial charge on any atom is -0.309 e. The molecular formula is C59H41N. The smallest absolute Gasteiger partial charge is 0.0713 e. The molecule has 282 valence electrons. The van der Waals surface area contributed by atoms with Crippen LogP contribution in [0.25, 0.3) is 55.3 Å². The molecule has 0 heterocycles. The fourth-order valence-corrected chi connectivity index (χ4v) is 9.74. The fraction of sp³-hybridized carbons (Fsp3) is 0.0169. The molecule has 0 N–H and O–H groups in total. The Kier molecular flexibility index (Phi) is 8.79. The van der Waals surface area contributed by atoms with Crippen LogP contribution in [-0.4, -0.2) is 0 Å². The third-order valence-electron chi connectivity index (χ3n) is 12.4. The Morgan fingerprint density at radius 3 is 1.58 bits per heavy atom. The van der Waals surface area contributed by atoms with Gasteiger partial charge in [-0.15, -0.1) is 0 Å². The van der Waals surface area contributed by atoms with E-state index < -0.39 is 5.41 Å². The topological polar surface area (TPSA) is 3.24 Å². The van der Waals surface area contributed by atoms with Crippen molar-refractivity contribution >= 4 is 27.8 Å². The minimum atomic E-state index is -0.447. The van der Waals surface area contributed by atoms with Crippen molar-refractivity contribution in [1.29, 1.82) is 0 Å². The molecule has 10 aromatic rings. The highest BCUT2D eigenvalue weighted by molar-refractivity contribution is 6.02. The Bertz CT molecular complexity index is 3090. The standard InChI is InChI=1S/C59H41N/c1-4-19-42(20-5-1)45-23-16-24-46(41-45)51-30-13-15-35-56(51)60(57-36-17-22-43-21-10-11-29-50(43)57)49-39-37-44(38-40-49)52-32-18-34-55-58(52)53-31-12-14-33-54(53)59(55,47-25-6-2-7-26-47)48-27-8-3-9-28-48/h1-41H. The van der Waals surface area contributed by atoms with Crippen LogP contribution in [0, 0.1) is 0 Å². The predicted molar refractivity (Wildman–Crippen MR) is 252 cm³/mol. The van der Waals surface area contributed by atoms with E-state index in [1.165, 1.54) is 77.5 Å². The van der Waals surface area contributed by atoms with Crippen LogP contribution in [-0.2, 0) is 5.41 Å². The highest BCUT2D eigenvalue weighted by Crippen LogP contribution is 2.58. The van der Waals surface area contributed by atoms with E-state index in [4.69, 9.17) is 0 Å². The van der Waals surface area contributed by atoms with Crippen LogP contribution in [0.2, 0.25) is 0 Å². The monoisotopic (exact) mass is 763 g/mol. The molecule has 0 atom stereocenters. The van der Waals surface area contributed by atoms with Crippen LogP contribution < -0.4 is 4.90 Å². The molecule has 0 saturated carbocycles. The van der Waals surface area contributed by atoms with Gasteiger partial charge in [0.15, 0.2) is 0 Å². The van der Waals surface area contributed by atoms with E-state index in [0.717, 1.165) is 17.1 Å². The zero-order valence-electron chi connectivity index (χ0n) is 33.1. The molecule has 1 heteroatoms. The van der Waals surface area contributed by atoms with Gasteiger partial charge in [-0.3, -0.25) is 0 Å². The van der Waals surface area contributed by atoms with Crippen LogP contribution in [0.5, 0.6) is 0 Å². The van der Waals surface area contributed by atoms with Crippen LogP contribution in [0.1, 0.15) is 22.3 Å². The lowest BCUT2D eigenvalue weighted by molar-refractivity contribution is 0.768. The molecule has 0 radical (unpaired) electrons. The summed E-state index contributed by atoms with van der Waals surface area (Å²) in [7, 11) is 0. The maximum absolute atomic E-state index is 2.44. The Morgan fingerprint density at radius 2 is 0.817 bits per heavy atom. The summed E-state index contributed by atoms with van der Waals surface area (Å²) in [5.41, 5.74) is 17.8. The Balaban J connectivity index is 1.09. The first-order valence-electron chi connectivity index (χ1n) is 20.8. The summed E-state index contributed by atoms with van der Waals surface area (Å²) in [6.45, 7) is 0. The number of para-hydroxylation sites is 1. The summed E-state index contributed by atoms with van der Waals surface area (Å²) in [5.74, 6) is 0. The number of fused-ring (bicyclic) bond motifs is 4. The fourth-order valence-electron chi connectivity index (χ4n) is 9.74. The SMILES string of the molecule is c1ccc(-c2cccc(-c3ccccc3N(c3ccc(-c4cccc5c4-c4ccccc4C5(c4ccccc4)c4ccccc4)cc3)c3cccc4ccccc34)c2)cc1. The molecule has 0 amide bonds. The molecular weight excluding hydrogens is 723 g/mol. The Morgan fingerprint density at radius 1 is 0.300 bits per heavy atom. The number of nitrogens with zero attached hydrogens (tertiary/aromatic N) is 1. The van der Waals surface area contributed by atoms with Gasteiger partial charge in [0.1, 0.15) is 0 Å². The van der Waals surface area contributed by atoms with Gasteiger partial charge in [0.25, 0.3) is 0 Å². The van der Waals surface area contributed by atoms with Crippen molar-refractivity contribution in [3.8, 4) is 44.5 Å². The predicted octanol–water partition coefficient (Wildman–Crippen LogP) is 15.7. The van der Waals surface area contributed by atoms with Crippen molar-refractivity contribution in [1.82, 2.24) is 0 Å². The largest absolute Gasteiger partial charge is 0.309 e. The van der Waals surface area contributed by atoms with Crippen LogP contribution in [0.15, 0.2) is 249 Å². The zero-order chi connectivity index (χ0) is 39.9. The molecule has 1 aliphatic rings. The highest BCUT2D eigenvalue weighted by Gasteiger charge is 2.46. The van der Waals surface area contributed by atoms with Gasteiger partial charge in [-0.1, -0.05) is 218 Å². The van der Waals surface area contributed by atoms with E-state index in [9.17, 15) is 0 Å². The van der Waals surface area contributed by atoms with Gasteiger partial charge in [-0.05, 0) is 96.9 Å². The van der Waals surface area contributed by atoms with Gasteiger partial charge in [0.2, 0.25) is 0 Å². The van der Waals surface area contributed by atoms with E-state index in [1.54, 1.807) is 0 Å². The van der Waals surface area contributed by atoms with Crippen molar-refractivity contribution in [2.24, 2.45) is 0 Å². The molecule has 0 aromatic heterocycles. The second-order valence-corrected chi connectivity index (χ2v) is 15.6. The lowest BCUT2D eigenvalue weighted by atomic mass is 9.67. The summed E-state index contributed by atoms with van der Waals surface area (Å²) >= 11 is 0. The minimum absolute atomic E-state index is 0.447. The lowest BCUT2D eigenvalue weighted by Gasteiger charge is -2.34. The van der Waals surface area contributed by atoms with Gasteiger partial charge in [0, 0.05) is 16.6 Å². The average molecular weight is 764 g/mol. The van der Waals surface area contributed by atoms with E-state index in [1.807, 2.05) is 0 Å². The Labute approximate surface area is 352 Å². The van der Waals surface area contributed by atoms with Gasteiger partial charge in [-0.2, -0.15) is 0 Å². The second-order valence-electron chi connectivity index (χ2n) is 15.6. The molecule has 0 aliphatic heterocycles. The number of rotatable bonds is 8. The quantitative estimate of drug-likeness (QED) is 0.149. The van der Waals surface area contributed by atoms with Gasteiger partial charge in [0.05, 0.1) is 16.8 Å². The molecule has 10 aromatic carbocycles. The van der Waals surface area contributed by atoms with Crippen molar-refractivity contribution in [2.75, 3.05) is 4.90 Å². The molecule has 0 bridgehead atoms. The number of hydrogen-bond donors (Lipinski definition) is 0. The summed E-state index contributed by atoms with van der Waals surface area (Å²) in [4.78, 5) is 2.44. The molecule has 0 spiro atoms. The first-order valence-corrected chi connectivity index (χ1v) is 20.8. The van der Waals surface area contributed by atoms with Gasteiger partial charge >= 0.3 is 0 Å². The van der Waals surface area contributed by atoms with Crippen molar-refractivity contribution in [3.63, 3.8) is 0 Å². The van der Waals surface area contributed by atoms with E-state index in [2.05, 4.69) is 254 Å². The second kappa shape index (κ2) is 14.9. The van der Waals surface area contributed by atoms with Crippen molar-refractivity contribution in [3.05, 3.63) is 271 Å². The number of hydrogen-bond acceptors (Lipinski definition) is 1. The van der Waals surface area contributed by atoms with Gasteiger partial charge in [-0.25, -0.2) is 0 Å². The maximum atomic E-state index is 2.44. The van der Waals surface area contributed by atoms with E-state index in [0.29, 0.717) is 0 Å². The Hall–Kier alpha value is -7.74. The van der Waals surface area contributed by atoms with E-state index >= 15 is 0 Å². The van der Waals surface area contributed by atoms with Gasteiger partial charge < -0.3 is 4.90 Å². The van der Waals surface area contributed by atoms with Crippen LogP contribution in [0.3, 0.4) is 0 Å². The number of benzene rings is 10. The molecule has 0 fully saturated rings. The summed E-state index contributed by atoms with van der Waals surface area (Å²) in [6, 6.07) is 90.9. The van der Waals surface area contributed by atoms with Crippen LogP contribution >= 0.6 is 0 Å². The molecule has 0 saturated heterocycles. The van der Waals surface area contributed by atoms with Crippen LogP contribution in [0.4, 0.5) is 17.1 Å². The summed E-state index contributed by atoms with van der Waals surface area (Å²) in [6.07, 6.45) is 0. The first-order chi connectivity index (χ1) is 29.8. The third kappa shape index (κ3) is 5.78.